The van der Waals surface area contributed by atoms with Gasteiger partial charge in [-0.05, 0) is 25.7 Å². The van der Waals surface area contributed by atoms with Gasteiger partial charge in [-0.15, -0.1) is 0 Å². The predicted molar refractivity (Wildman–Crippen MR) is 76.3 cm³/mol. The Morgan fingerprint density at radius 3 is 2.33 bits per heavy atom. The van der Waals surface area contributed by atoms with Crippen LogP contribution in [0.25, 0.3) is 0 Å². The van der Waals surface area contributed by atoms with Crippen LogP contribution in [0.15, 0.2) is 4.90 Å². The molecule has 2 aliphatic rings. The topological polar surface area (TPSA) is 109 Å². The Morgan fingerprint density at radius 2 is 1.81 bits per heavy atom. The first kappa shape index (κ1) is 14.5. The molecule has 0 aromatic carbocycles. The largest absolute Gasteiger partial charge is 0.337 e. The molecule has 21 heavy (non-hydrogen) atoms. The minimum Gasteiger partial charge on any atom is -0.337 e. The van der Waals surface area contributed by atoms with E-state index in [1.54, 1.807) is 4.90 Å². The third-order valence-corrected chi connectivity index (χ3v) is 5.10. The van der Waals surface area contributed by atoms with Crippen molar-refractivity contribution in [2.24, 2.45) is 5.14 Å². The molecule has 0 radical (unpaired) electrons. The lowest BCUT2D eigenvalue weighted by Gasteiger charge is -2.19. The zero-order chi connectivity index (χ0) is 15.0. The molecular weight excluding hydrogens is 292 g/mol. The fourth-order valence-corrected chi connectivity index (χ4v) is 3.77. The van der Waals surface area contributed by atoms with Crippen molar-refractivity contribution in [1.29, 1.82) is 0 Å². The van der Waals surface area contributed by atoms with E-state index in [2.05, 4.69) is 10.2 Å². The fourth-order valence-electron chi connectivity index (χ4n) is 2.85. The summed E-state index contributed by atoms with van der Waals surface area (Å²) < 4.78 is 23.7. The van der Waals surface area contributed by atoms with E-state index < -0.39 is 10.0 Å². The van der Waals surface area contributed by atoms with E-state index in [0.29, 0.717) is 18.8 Å². The van der Waals surface area contributed by atoms with Gasteiger partial charge in [-0.25, -0.2) is 13.6 Å². The Bertz CT molecular complexity index is 640. The maximum atomic E-state index is 12.6. The number of sulfonamides is 1. The van der Waals surface area contributed by atoms with Crippen LogP contribution in [0.4, 0.5) is 0 Å². The summed E-state index contributed by atoms with van der Waals surface area (Å²) in [5, 5.41) is 12.0. The molecular formula is C13H20N4O3S. The van der Waals surface area contributed by atoms with Crippen LogP contribution in [0.5, 0.6) is 0 Å². The van der Waals surface area contributed by atoms with Crippen LogP contribution in [-0.4, -0.2) is 42.5 Å². The average Bonchev–Trinajstić information content (AvgIpc) is 3.20. The summed E-state index contributed by atoms with van der Waals surface area (Å²) in [7, 11) is -3.96. The van der Waals surface area contributed by atoms with E-state index in [0.717, 1.165) is 38.5 Å². The maximum Gasteiger partial charge on any atom is 0.275 e. The van der Waals surface area contributed by atoms with Crippen LogP contribution in [-0.2, 0) is 10.0 Å². The van der Waals surface area contributed by atoms with Gasteiger partial charge < -0.3 is 4.90 Å². The highest BCUT2D eigenvalue weighted by molar-refractivity contribution is 7.89. The molecule has 0 bridgehead atoms. The molecule has 1 aromatic heterocycles. The van der Waals surface area contributed by atoms with Crippen molar-refractivity contribution in [3.63, 3.8) is 0 Å². The number of H-pyrrole nitrogens is 1. The van der Waals surface area contributed by atoms with E-state index in [1.807, 2.05) is 0 Å². The normalized spacial score (nSPS) is 20.3. The van der Waals surface area contributed by atoms with Gasteiger partial charge in [0.25, 0.3) is 5.91 Å². The van der Waals surface area contributed by atoms with Crippen LogP contribution >= 0.6 is 0 Å². The molecule has 1 amide bonds. The number of hydrogen-bond donors (Lipinski definition) is 2. The van der Waals surface area contributed by atoms with Crippen LogP contribution in [0, 0.1) is 0 Å². The molecule has 8 heteroatoms. The molecule has 0 atom stereocenters. The smallest absolute Gasteiger partial charge is 0.275 e. The number of carbonyl (C=O) groups excluding carboxylic acids is 1. The highest BCUT2D eigenvalue weighted by Gasteiger charge is 2.36. The molecule has 7 nitrogen and oxygen atoms in total. The third kappa shape index (κ3) is 2.96. The van der Waals surface area contributed by atoms with Crippen molar-refractivity contribution in [2.45, 2.75) is 49.3 Å². The Kier molecular flexibility index (Phi) is 3.75. The van der Waals surface area contributed by atoms with Gasteiger partial charge in [-0.2, -0.15) is 5.10 Å². The number of aromatic amines is 1. The molecule has 2 heterocycles. The molecule has 1 aromatic rings. The molecule has 116 valence electrons. The van der Waals surface area contributed by atoms with Gasteiger partial charge in [0.1, 0.15) is 4.90 Å². The van der Waals surface area contributed by atoms with Gasteiger partial charge in [-0.3, -0.25) is 9.89 Å². The average molecular weight is 312 g/mol. The van der Waals surface area contributed by atoms with E-state index in [4.69, 9.17) is 5.14 Å². The summed E-state index contributed by atoms with van der Waals surface area (Å²) in [6.07, 6.45) is 5.89. The first-order valence-corrected chi connectivity index (χ1v) is 8.93. The number of primary sulfonamides is 1. The van der Waals surface area contributed by atoms with Crippen LogP contribution in [0.3, 0.4) is 0 Å². The zero-order valence-corrected chi connectivity index (χ0v) is 12.7. The summed E-state index contributed by atoms with van der Waals surface area (Å²) in [4.78, 5) is 14.2. The predicted octanol–water partition coefficient (Wildman–Crippen LogP) is 0.951. The monoisotopic (exact) mass is 312 g/mol. The molecule has 1 saturated carbocycles. The second-order valence-corrected chi connectivity index (χ2v) is 7.34. The molecule has 2 fully saturated rings. The number of hydrogen-bond acceptors (Lipinski definition) is 4. The second-order valence-electron chi connectivity index (χ2n) is 5.84. The summed E-state index contributed by atoms with van der Waals surface area (Å²) in [5.41, 5.74) is 0.456. The van der Waals surface area contributed by atoms with E-state index >= 15 is 0 Å². The van der Waals surface area contributed by atoms with Crippen molar-refractivity contribution in [3.05, 3.63) is 11.4 Å². The number of likely N-dealkylation sites (tertiary alicyclic amines) is 1. The number of nitrogens with zero attached hydrogens (tertiary/aromatic N) is 2. The van der Waals surface area contributed by atoms with Crippen molar-refractivity contribution >= 4 is 15.9 Å². The molecule has 1 aliphatic carbocycles. The molecule has 3 rings (SSSR count). The number of carbonyl (C=O) groups is 1. The SMILES string of the molecule is NS(=O)(=O)c1c(C(=O)N2CCCCCC2)n[nH]c1C1CC1. The molecule has 0 unspecified atom stereocenters. The lowest BCUT2D eigenvalue weighted by Crippen LogP contribution is -2.33. The van der Waals surface area contributed by atoms with E-state index in [1.165, 1.54) is 0 Å². The standard InChI is InChI=1S/C13H20N4O3S/c14-21(19,20)12-10(9-5-6-9)15-16-11(12)13(18)17-7-3-1-2-4-8-17/h9H,1-8H2,(H,15,16)(H2,14,19,20). The minimum atomic E-state index is -3.96. The molecule has 3 N–H and O–H groups in total. The van der Waals surface area contributed by atoms with Crippen molar-refractivity contribution < 1.29 is 13.2 Å². The van der Waals surface area contributed by atoms with Gasteiger partial charge in [0.2, 0.25) is 10.0 Å². The first-order chi connectivity index (χ1) is 9.98. The van der Waals surface area contributed by atoms with Gasteiger partial charge >= 0.3 is 0 Å². The van der Waals surface area contributed by atoms with Crippen molar-refractivity contribution in [1.82, 2.24) is 15.1 Å². The Morgan fingerprint density at radius 1 is 1.19 bits per heavy atom. The number of aromatic nitrogens is 2. The van der Waals surface area contributed by atoms with Crippen molar-refractivity contribution in [3.8, 4) is 0 Å². The summed E-state index contributed by atoms with van der Waals surface area (Å²) >= 11 is 0. The second kappa shape index (κ2) is 5.42. The lowest BCUT2D eigenvalue weighted by atomic mass is 10.2. The Labute approximate surface area is 123 Å². The molecule has 0 spiro atoms. The first-order valence-electron chi connectivity index (χ1n) is 7.39. The van der Waals surface area contributed by atoms with Gasteiger partial charge in [0.05, 0.1) is 5.69 Å². The number of amides is 1. The maximum absolute atomic E-state index is 12.6. The third-order valence-electron chi connectivity index (χ3n) is 4.11. The fraction of sp³-hybridized carbons (Fsp3) is 0.692. The van der Waals surface area contributed by atoms with Crippen LogP contribution in [0.2, 0.25) is 0 Å². The summed E-state index contributed by atoms with van der Waals surface area (Å²) in [6, 6.07) is 0. The van der Waals surface area contributed by atoms with E-state index in [-0.39, 0.29) is 22.4 Å². The summed E-state index contributed by atoms with van der Waals surface area (Å²) in [6.45, 7) is 1.29. The minimum absolute atomic E-state index is 0.0405. The summed E-state index contributed by atoms with van der Waals surface area (Å²) in [5.74, 6) is -0.194. The van der Waals surface area contributed by atoms with Crippen molar-refractivity contribution in [2.75, 3.05) is 13.1 Å². The van der Waals surface area contributed by atoms with Crippen LogP contribution in [0.1, 0.15) is 60.6 Å². The Hall–Kier alpha value is -1.41. The molecule has 1 aliphatic heterocycles. The lowest BCUT2D eigenvalue weighted by molar-refractivity contribution is 0.0752. The number of nitrogens with one attached hydrogen (secondary N) is 1. The highest BCUT2D eigenvalue weighted by atomic mass is 32.2. The molecule has 1 saturated heterocycles. The van der Waals surface area contributed by atoms with Crippen LogP contribution < -0.4 is 5.14 Å². The van der Waals surface area contributed by atoms with Gasteiger partial charge in [0.15, 0.2) is 5.69 Å². The zero-order valence-electron chi connectivity index (χ0n) is 11.8. The highest BCUT2D eigenvalue weighted by Crippen LogP contribution is 2.42. The van der Waals surface area contributed by atoms with E-state index in [9.17, 15) is 13.2 Å². The Balaban J connectivity index is 1.95. The van der Waals surface area contributed by atoms with Gasteiger partial charge in [0, 0.05) is 19.0 Å². The number of nitrogens with two attached hydrogens (primary N) is 1. The van der Waals surface area contributed by atoms with Gasteiger partial charge in [-0.1, -0.05) is 12.8 Å². The quantitative estimate of drug-likeness (QED) is 0.866. The number of rotatable bonds is 3.